The van der Waals surface area contributed by atoms with Crippen molar-refractivity contribution in [2.24, 2.45) is 5.41 Å². The molecule has 1 saturated carbocycles. The summed E-state index contributed by atoms with van der Waals surface area (Å²) in [7, 11) is 0. The van der Waals surface area contributed by atoms with Gasteiger partial charge in [0.05, 0.1) is 5.52 Å². The van der Waals surface area contributed by atoms with Crippen molar-refractivity contribution in [1.29, 1.82) is 0 Å². The number of carbonyl (C=O) groups excluding carboxylic acids is 2. The highest BCUT2D eigenvalue weighted by molar-refractivity contribution is 6.05. The fourth-order valence-electron chi connectivity index (χ4n) is 5.06. The van der Waals surface area contributed by atoms with Crippen LogP contribution in [-0.4, -0.2) is 57.3 Å². The van der Waals surface area contributed by atoms with Crippen LogP contribution in [0, 0.1) is 5.41 Å². The van der Waals surface area contributed by atoms with Crippen LogP contribution >= 0.6 is 0 Å². The predicted molar refractivity (Wildman–Crippen MR) is 122 cm³/mol. The average Bonchev–Trinajstić information content (AvgIpc) is 3.21. The number of carbonyl (C=O) groups is 2. The highest BCUT2D eigenvalue weighted by atomic mass is 16.3. The molecule has 7 nitrogen and oxygen atoms in total. The number of rotatable bonds is 4. The van der Waals surface area contributed by atoms with Crippen LogP contribution in [0.4, 0.5) is 0 Å². The van der Waals surface area contributed by atoms with Crippen LogP contribution in [-0.2, 0) is 4.79 Å². The molecule has 1 spiro atoms. The molecule has 166 valence electrons. The summed E-state index contributed by atoms with van der Waals surface area (Å²) in [6.07, 6.45) is 2.74. The molecule has 0 bridgehead atoms. The molecule has 1 aromatic heterocycles. The van der Waals surface area contributed by atoms with Gasteiger partial charge >= 0.3 is 0 Å². The topological polar surface area (TPSA) is 98.3 Å². The van der Waals surface area contributed by atoms with Gasteiger partial charge in [-0.3, -0.25) is 14.7 Å². The lowest BCUT2D eigenvalue weighted by molar-refractivity contribution is -0.129. The summed E-state index contributed by atoms with van der Waals surface area (Å²) in [5, 5.41) is 20.5. The summed E-state index contributed by atoms with van der Waals surface area (Å²) in [6.45, 7) is 2.95. The first-order valence-corrected chi connectivity index (χ1v) is 11.3. The lowest BCUT2D eigenvalue weighted by atomic mass is 9.67. The van der Waals surface area contributed by atoms with Gasteiger partial charge in [-0.1, -0.05) is 36.4 Å². The van der Waals surface area contributed by atoms with E-state index in [9.17, 15) is 14.7 Å². The zero-order chi connectivity index (χ0) is 22.3. The monoisotopic (exact) mass is 432 g/mol. The van der Waals surface area contributed by atoms with Crippen LogP contribution in [0.15, 0.2) is 48.5 Å². The molecular weight excluding hydrogens is 404 g/mol. The van der Waals surface area contributed by atoms with Crippen molar-refractivity contribution in [2.75, 3.05) is 13.1 Å². The summed E-state index contributed by atoms with van der Waals surface area (Å²) in [5.74, 6) is -0.337. The first kappa shape index (κ1) is 20.7. The Labute approximate surface area is 186 Å². The normalized spacial score (nSPS) is 19.0. The second-order valence-electron chi connectivity index (χ2n) is 9.32. The zero-order valence-electron chi connectivity index (χ0n) is 18.2. The molecule has 1 aliphatic heterocycles. The second-order valence-corrected chi connectivity index (χ2v) is 9.32. The molecule has 3 N–H and O–H groups in total. The van der Waals surface area contributed by atoms with Gasteiger partial charge in [-0.2, -0.15) is 5.10 Å². The molecule has 1 atom stereocenters. The van der Waals surface area contributed by atoms with Crippen LogP contribution in [0.2, 0.25) is 0 Å². The molecule has 2 fully saturated rings. The minimum absolute atomic E-state index is 0.0288. The van der Waals surface area contributed by atoms with E-state index < -0.39 is 6.10 Å². The number of aromatic nitrogens is 2. The van der Waals surface area contributed by atoms with Crippen molar-refractivity contribution in [2.45, 2.75) is 44.8 Å². The number of nitrogens with zero attached hydrogens (tertiary/aromatic N) is 2. The molecule has 2 heterocycles. The molecule has 3 aromatic rings. The lowest BCUT2D eigenvalue weighted by Gasteiger charge is -2.53. The van der Waals surface area contributed by atoms with Gasteiger partial charge in [0, 0.05) is 29.9 Å². The summed E-state index contributed by atoms with van der Waals surface area (Å²) in [5.41, 5.74) is 3.70. The Morgan fingerprint density at radius 1 is 1.12 bits per heavy atom. The molecule has 1 unspecified atom stereocenters. The quantitative estimate of drug-likeness (QED) is 0.590. The minimum Gasteiger partial charge on any atom is -0.384 e. The largest absolute Gasteiger partial charge is 0.384 e. The maximum atomic E-state index is 13.1. The number of nitrogens with one attached hydrogen (secondary N) is 2. The van der Waals surface area contributed by atoms with E-state index in [2.05, 4.69) is 27.6 Å². The molecular formula is C25H28N4O3. The number of hydrogen-bond donors (Lipinski definition) is 3. The number of fused-ring (bicyclic) bond motifs is 1. The van der Waals surface area contributed by atoms with E-state index in [1.165, 1.54) is 6.92 Å². The molecule has 32 heavy (non-hydrogen) atoms. The van der Waals surface area contributed by atoms with Crippen molar-refractivity contribution >= 4 is 22.7 Å². The van der Waals surface area contributed by atoms with Crippen LogP contribution in [0.25, 0.3) is 22.0 Å². The molecule has 7 heteroatoms. The fourth-order valence-corrected chi connectivity index (χ4v) is 5.06. The summed E-state index contributed by atoms with van der Waals surface area (Å²) in [4.78, 5) is 26.7. The maximum Gasteiger partial charge on any atom is 0.275 e. The van der Waals surface area contributed by atoms with Gasteiger partial charge in [0.1, 0.15) is 6.10 Å². The molecule has 2 aliphatic rings. The number of benzene rings is 2. The van der Waals surface area contributed by atoms with Gasteiger partial charge in [0.25, 0.3) is 5.91 Å². The van der Waals surface area contributed by atoms with Crippen LogP contribution < -0.4 is 5.32 Å². The van der Waals surface area contributed by atoms with E-state index in [1.54, 1.807) is 0 Å². The van der Waals surface area contributed by atoms with Gasteiger partial charge in [-0.25, -0.2) is 0 Å². The van der Waals surface area contributed by atoms with E-state index in [0.717, 1.165) is 60.8 Å². The summed E-state index contributed by atoms with van der Waals surface area (Å²) < 4.78 is 0. The number of amides is 2. The molecule has 1 aliphatic carbocycles. The summed E-state index contributed by atoms with van der Waals surface area (Å²) >= 11 is 0. The third-order valence-corrected chi connectivity index (χ3v) is 6.98. The number of likely N-dealkylation sites (tertiary alicyclic amines) is 1. The molecule has 0 radical (unpaired) electrons. The zero-order valence-corrected chi connectivity index (χ0v) is 18.2. The van der Waals surface area contributed by atoms with Crippen molar-refractivity contribution in [3.05, 3.63) is 54.2 Å². The third kappa shape index (κ3) is 3.77. The Morgan fingerprint density at radius 2 is 1.84 bits per heavy atom. The first-order valence-electron chi connectivity index (χ1n) is 11.3. The standard InChI is InChI=1S/C25H28N4O3/c1-16(30)23(31)26-19-9-11-25(12-10-19)14-29(15-25)24(32)22-20-8-7-18(13-21(20)27-28-22)17-5-3-2-4-6-17/h2-8,13,16,19,30H,9-12,14-15H2,1H3,(H,26,31)(H,27,28). The highest BCUT2D eigenvalue weighted by Crippen LogP contribution is 2.44. The van der Waals surface area contributed by atoms with Crippen LogP contribution in [0.5, 0.6) is 0 Å². The molecule has 5 rings (SSSR count). The number of aromatic amines is 1. The third-order valence-electron chi connectivity index (χ3n) is 6.98. The van der Waals surface area contributed by atoms with Crippen molar-refractivity contribution in [1.82, 2.24) is 20.4 Å². The van der Waals surface area contributed by atoms with Crippen molar-refractivity contribution in [3.8, 4) is 11.1 Å². The maximum absolute atomic E-state index is 13.1. The molecule has 2 aromatic carbocycles. The van der Waals surface area contributed by atoms with E-state index >= 15 is 0 Å². The SMILES string of the molecule is CC(O)C(=O)NC1CCC2(CC1)CN(C(=O)c1n[nH]c3cc(-c4ccccc4)ccc13)C2. The van der Waals surface area contributed by atoms with E-state index in [0.29, 0.717) is 5.69 Å². The first-order chi connectivity index (χ1) is 15.4. The van der Waals surface area contributed by atoms with Gasteiger partial charge in [0.15, 0.2) is 5.69 Å². The Hall–Kier alpha value is -3.19. The molecule has 2 amide bonds. The minimum atomic E-state index is -0.977. The van der Waals surface area contributed by atoms with Gasteiger partial charge in [0.2, 0.25) is 5.91 Å². The van der Waals surface area contributed by atoms with Gasteiger partial charge in [-0.15, -0.1) is 0 Å². The van der Waals surface area contributed by atoms with Gasteiger partial charge in [-0.05, 0) is 55.9 Å². The molecule has 1 saturated heterocycles. The average molecular weight is 433 g/mol. The van der Waals surface area contributed by atoms with Gasteiger partial charge < -0.3 is 15.3 Å². The number of aliphatic hydroxyl groups excluding tert-OH is 1. The predicted octanol–water partition coefficient (Wildman–Crippen LogP) is 3.11. The van der Waals surface area contributed by atoms with Crippen LogP contribution in [0.3, 0.4) is 0 Å². The number of aliphatic hydroxyl groups is 1. The van der Waals surface area contributed by atoms with Crippen molar-refractivity contribution < 1.29 is 14.7 Å². The van der Waals surface area contributed by atoms with Crippen molar-refractivity contribution in [3.63, 3.8) is 0 Å². The lowest BCUT2D eigenvalue weighted by Crippen LogP contribution is -2.60. The van der Waals surface area contributed by atoms with Crippen LogP contribution in [0.1, 0.15) is 43.1 Å². The Kier molecular flexibility index (Phi) is 5.21. The Bertz CT molecular complexity index is 1140. The fraction of sp³-hybridized carbons (Fsp3) is 0.400. The van der Waals surface area contributed by atoms with E-state index in [1.807, 2.05) is 41.3 Å². The van der Waals surface area contributed by atoms with E-state index in [-0.39, 0.29) is 23.3 Å². The number of hydrogen-bond acceptors (Lipinski definition) is 4. The summed E-state index contributed by atoms with van der Waals surface area (Å²) in [6, 6.07) is 16.3. The Morgan fingerprint density at radius 3 is 2.53 bits per heavy atom. The second kappa shape index (κ2) is 8.06. The highest BCUT2D eigenvalue weighted by Gasteiger charge is 2.47. The number of H-pyrrole nitrogens is 1. The smallest absolute Gasteiger partial charge is 0.275 e. The Balaban J connectivity index is 1.22. The van der Waals surface area contributed by atoms with E-state index in [4.69, 9.17) is 0 Å².